The molecule has 0 saturated heterocycles. The average Bonchev–Trinajstić information content (AvgIpc) is 3.53. The van der Waals surface area contributed by atoms with Crippen molar-refractivity contribution in [2.24, 2.45) is 0 Å². The van der Waals surface area contributed by atoms with Crippen molar-refractivity contribution in [3.05, 3.63) is 100 Å². The molecule has 2 N–H and O–H groups in total. The van der Waals surface area contributed by atoms with Crippen LogP contribution in [0.15, 0.2) is 89.9 Å². The Labute approximate surface area is 212 Å². The maximum absolute atomic E-state index is 13.4. The Morgan fingerprint density at radius 3 is 2.44 bits per heavy atom. The first-order valence-electron chi connectivity index (χ1n) is 11.6. The number of para-hydroxylation sites is 1. The van der Waals surface area contributed by atoms with Crippen molar-refractivity contribution in [1.82, 2.24) is 9.88 Å². The lowest BCUT2D eigenvalue weighted by Crippen LogP contribution is -2.30. The second kappa shape index (κ2) is 10.1. The van der Waals surface area contributed by atoms with Gasteiger partial charge in [-0.1, -0.05) is 24.3 Å². The van der Waals surface area contributed by atoms with E-state index in [1.54, 1.807) is 37.5 Å². The Morgan fingerprint density at radius 2 is 1.72 bits per heavy atom. The minimum atomic E-state index is -0.399. The summed E-state index contributed by atoms with van der Waals surface area (Å²) in [4.78, 5) is 27.1. The molecule has 0 unspecified atom stereocenters. The number of aryl methyl sites for hydroxylation is 1. The first-order valence-corrected chi connectivity index (χ1v) is 12.5. The monoisotopic (exact) mass is 495 g/mol. The third-order valence-corrected chi connectivity index (χ3v) is 6.84. The van der Waals surface area contributed by atoms with Gasteiger partial charge in [0, 0.05) is 44.5 Å². The molecule has 0 saturated carbocycles. The number of carbonyl (C=O) groups excluding carboxylic acids is 2. The molecule has 7 heteroatoms. The molecule has 0 radical (unpaired) electrons. The Hall–Kier alpha value is -4.36. The topological polar surface area (TPSA) is 72.4 Å². The second-order valence-corrected chi connectivity index (χ2v) is 9.18. The van der Waals surface area contributed by atoms with E-state index in [2.05, 4.69) is 34.3 Å². The molecule has 0 aliphatic rings. The highest BCUT2D eigenvalue weighted by molar-refractivity contribution is 7.10. The summed E-state index contributed by atoms with van der Waals surface area (Å²) < 4.78 is 7.42. The van der Waals surface area contributed by atoms with Crippen molar-refractivity contribution < 1.29 is 14.3 Å². The highest BCUT2D eigenvalue weighted by atomic mass is 32.1. The third-order valence-electron chi connectivity index (χ3n) is 6.02. The highest BCUT2D eigenvalue weighted by Gasteiger charge is 2.17. The largest absolute Gasteiger partial charge is 0.497 e. The van der Waals surface area contributed by atoms with Crippen molar-refractivity contribution in [1.29, 1.82) is 0 Å². The van der Waals surface area contributed by atoms with Crippen LogP contribution in [-0.2, 0) is 11.3 Å². The van der Waals surface area contributed by atoms with Gasteiger partial charge in [0.05, 0.1) is 7.11 Å². The van der Waals surface area contributed by atoms with Crippen LogP contribution in [0, 0.1) is 0 Å². The van der Waals surface area contributed by atoms with Gasteiger partial charge in [-0.05, 0) is 73.0 Å². The van der Waals surface area contributed by atoms with Crippen LogP contribution in [0.25, 0.3) is 27.9 Å². The number of rotatable bonds is 7. The first-order chi connectivity index (χ1) is 17.6. The fourth-order valence-electron chi connectivity index (χ4n) is 4.28. The second-order valence-electron chi connectivity index (χ2n) is 8.20. The quantitative estimate of drug-likeness (QED) is 0.261. The van der Waals surface area contributed by atoms with Crippen molar-refractivity contribution in [2.45, 2.75) is 13.5 Å². The lowest BCUT2D eigenvalue weighted by Gasteiger charge is -2.12. The van der Waals surface area contributed by atoms with Gasteiger partial charge in [0.25, 0.3) is 11.8 Å². The van der Waals surface area contributed by atoms with E-state index < -0.39 is 5.91 Å². The number of carbonyl (C=O) groups is 2. The molecule has 36 heavy (non-hydrogen) atoms. The average molecular weight is 496 g/mol. The molecule has 5 rings (SSSR count). The summed E-state index contributed by atoms with van der Waals surface area (Å²) in [5.41, 5.74) is 3.51. The van der Waals surface area contributed by atoms with E-state index in [0.717, 1.165) is 33.2 Å². The minimum absolute atomic E-state index is 0.161. The predicted molar refractivity (Wildman–Crippen MR) is 147 cm³/mol. The van der Waals surface area contributed by atoms with Crippen LogP contribution in [0.4, 0.5) is 5.69 Å². The Morgan fingerprint density at radius 1 is 0.944 bits per heavy atom. The first kappa shape index (κ1) is 23.4. The predicted octanol–water partition coefficient (Wildman–Crippen LogP) is 6.29. The van der Waals surface area contributed by atoms with Gasteiger partial charge in [-0.2, -0.15) is 0 Å². The molecule has 0 aliphatic heterocycles. The molecule has 2 aromatic heterocycles. The van der Waals surface area contributed by atoms with Crippen LogP contribution >= 0.6 is 11.3 Å². The highest BCUT2D eigenvalue weighted by Crippen LogP contribution is 2.31. The van der Waals surface area contributed by atoms with Crippen molar-refractivity contribution in [3.8, 4) is 5.75 Å². The van der Waals surface area contributed by atoms with E-state index in [-0.39, 0.29) is 11.6 Å². The number of nitrogens with zero attached hydrogens (tertiary/aromatic N) is 1. The Bertz CT molecular complexity index is 1580. The zero-order valence-electron chi connectivity index (χ0n) is 19.9. The molecule has 0 atom stereocenters. The molecule has 2 amide bonds. The molecular weight excluding hydrogens is 470 g/mol. The number of hydrogen-bond donors (Lipinski definition) is 2. The van der Waals surface area contributed by atoms with Gasteiger partial charge in [0.15, 0.2) is 0 Å². The molecule has 3 aromatic carbocycles. The van der Waals surface area contributed by atoms with Crippen LogP contribution in [0.1, 0.15) is 22.2 Å². The van der Waals surface area contributed by atoms with Crippen LogP contribution in [0.5, 0.6) is 5.75 Å². The summed E-state index contributed by atoms with van der Waals surface area (Å²) >= 11 is 1.48. The fourth-order valence-corrected chi connectivity index (χ4v) is 4.94. The summed E-state index contributed by atoms with van der Waals surface area (Å²) in [6.07, 6.45) is 1.68. The van der Waals surface area contributed by atoms with E-state index in [9.17, 15) is 9.59 Å². The number of fused-ring (bicyclic) bond motifs is 3. The van der Waals surface area contributed by atoms with Crippen molar-refractivity contribution in [3.63, 3.8) is 0 Å². The summed E-state index contributed by atoms with van der Waals surface area (Å²) in [5.74, 6) is -0.126. The number of benzene rings is 3. The summed E-state index contributed by atoms with van der Waals surface area (Å²) in [5, 5.41) is 9.87. The van der Waals surface area contributed by atoms with Crippen LogP contribution in [0.3, 0.4) is 0 Å². The fraction of sp³-hybridized carbons (Fsp3) is 0.103. The zero-order chi connectivity index (χ0) is 25.1. The molecule has 6 nitrogen and oxygen atoms in total. The van der Waals surface area contributed by atoms with E-state index >= 15 is 0 Å². The van der Waals surface area contributed by atoms with Crippen LogP contribution < -0.4 is 15.4 Å². The summed E-state index contributed by atoms with van der Waals surface area (Å²) in [6, 6.07) is 24.7. The maximum Gasteiger partial charge on any atom is 0.272 e. The van der Waals surface area contributed by atoms with Crippen molar-refractivity contribution >= 4 is 56.7 Å². The Kier molecular flexibility index (Phi) is 6.56. The minimum Gasteiger partial charge on any atom is -0.497 e. The molecule has 180 valence electrons. The van der Waals surface area contributed by atoms with Crippen LogP contribution in [0.2, 0.25) is 0 Å². The number of hydrogen-bond acceptors (Lipinski definition) is 4. The number of nitrogens with one attached hydrogen (secondary N) is 2. The van der Waals surface area contributed by atoms with E-state index in [1.165, 1.54) is 11.3 Å². The number of methoxy groups -OCH3 is 1. The van der Waals surface area contributed by atoms with Gasteiger partial charge in [-0.3, -0.25) is 9.59 Å². The molecular formula is C29H25N3O3S. The number of amides is 2. The SMILES string of the molecule is CCn1c2ccccc2c2cc(NC(=O)/C(=C/c3cccs3)NC(=O)c3ccc(OC)cc3)ccc21. The van der Waals surface area contributed by atoms with E-state index in [0.29, 0.717) is 17.0 Å². The smallest absolute Gasteiger partial charge is 0.272 e. The summed E-state index contributed by atoms with van der Waals surface area (Å²) in [6.45, 7) is 2.97. The van der Waals surface area contributed by atoms with Gasteiger partial charge in [-0.25, -0.2) is 0 Å². The van der Waals surface area contributed by atoms with Gasteiger partial charge in [-0.15, -0.1) is 11.3 Å². The van der Waals surface area contributed by atoms with Gasteiger partial charge < -0.3 is 19.9 Å². The molecule has 2 heterocycles. The summed E-state index contributed by atoms with van der Waals surface area (Å²) in [7, 11) is 1.57. The van der Waals surface area contributed by atoms with Gasteiger partial charge in [0.2, 0.25) is 0 Å². The normalized spacial score (nSPS) is 11.6. The number of anilines is 1. The van der Waals surface area contributed by atoms with Crippen LogP contribution in [-0.4, -0.2) is 23.5 Å². The van der Waals surface area contributed by atoms with Crippen molar-refractivity contribution in [2.75, 3.05) is 12.4 Å². The number of ether oxygens (including phenoxy) is 1. The maximum atomic E-state index is 13.4. The molecule has 0 spiro atoms. The van der Waals surface area contributed by atoms with E-state index in [1.807, 2.05) is 47.8 Å². The number of thiophene rings is 1. The standard InChI is InChI=1S/C29H25N3O3S/c1-3-32-26-9-5-4-8-23(26)24-17-20(12-15-27(24)32)30-29(34)25(18-22-7-6-16-36-22)31-28(33)19-10-13-21(35-2)14-11-19/h4-18H,3H2,1-2H3,(H,30,34)(H,31,33)/b25-18-. The molecule has 0 aliphatic carbocycles. The molecule has 5 aromatic rings. The van der Waals surface area contributed by atoms with Gasteiger partial charge >= 0.3 is 0 Å². The Balaban J connectivity index is 1.45. The lowest BCUT2D eigenvalue weighted by molar-refractivity contribution is -0.113. The third kappa shape index (κ3) is 4.61. The zero-order valence-corrected chi connectivity index (χ0v) is 20.8. The van der Waals surface area contributed by atoms with Gasteiger partial charge in [0.1, 0.15) is 11.4 Å². The molecule has 0 bridgehead atoms. The number of aromatic nitrogens is 1. The van der Waals surface area contributed by atoms with E-state index in [4.69, 9.17) is 4.74 Å². The lowest BCUT2D eigenvalue weighted by atomic mass is 10.1. The molecule has 0 fully saturated rings.